The standard InChI is InChI=1S/C10H17ClN2O3/c1-7(8-3-5-16-6-8)12-10(15)13-9(14)2-4-11/h7-8H,2-6H2,1H3,(H2,12,13,14,15). The molecule has 1 aliphatic heterocycles. The van der Waals surface area contributed by atoms with Gasteiger partial charge in [-0.3, -0.25) is 10.1 Å². The Labute approximate surface area is 99.9 Å². The molecule has 0 saturated carbocycles. The maximum atomic E-state index is 11.4. The van der Waals surface area contributed by atoms with Gasteiger partial charge in [0, 0.05) is 30.9 Å². The van der Waals surface area contributed by atoms with Crippen LogP contribution in [0.2, 0.25) is 0 Å². The molecule has 0 radical (unpaired) electrons. The number of carbonyl (C=O) groups is 2. The zero-order valence-corrected chi connectivity index (χ0v) is 10.0. The van der Waals surface area contributed by atoms with Gasteiger partial charge in [0.25, 0.3) is 0 Å². The van der Waals surface area contributed by atoms with Crippen molar-refractivity contribution in [2.24, 2.45) is 5.92 Å². The second kappa shape index (κ2) is 6.70. The Morgan fingerprint density at radius 2 is 2.31 bits per heavy atom. The van der Waals surface area contributed by atoms with E-state index >= 15 is 0 Å². The maximum absolute atomic E-state index is 11.4. The Hall–Kier alpha value is -0.810. The number of imide groups is 1. The highest BCUT2D eigenvalue weighted by atomic mass is 35.5. The smallest absolute Gasteiger partial charge is 0.321 e. The summed E-state index contributed by atoms with van der Waals surface area (Å²) in [5.74, 6) is 0.182. The molecular weight excluding hydrogens is 232 g/mol. The molecule has 1 fully saturated rings. The SMILES string of the molecule is CC(NC(=O)NC(=O)CCCl)C1CCOC1. The van der Waals surface area contributed by atoms with E-state index in [1.807, 2.05) is 6.92 Å². The Kier molecular flexibility index (Phi) is 5.55. The van der Waals surface area contributed by atoms with Crippen molar-refractivity contribution in [3.8, 4) is 0 Å². The molecule has 6 heteroatoms. The van der Waals surface area contributed by atoms with Crippen LogP contribution in [0.25, 0.3) is 0 Å². The molecule has 2 atom stereocenters. The lowest BCUT2D eigenvalue weighted by atomic mass is 10.0. The number of ether oxygens (including phenoxy) is 1. The van der Waals surface area contributed by atoms with Crippen LogP contribution in [0, 0.1) is 5.92 Å². The first-order chi connectivity index (χ1) is 7.63. The van der Waals surface area contributed by atoms with Crippen molar-refractivity contribution in [2.45, 2.75) is 25.8 Å². The molecule has 0 aliphatic carbocycles. The van der Waals surface area contributed by atoms with Crippen molar-refractivity contribution in [3.63, 3.8) is 0 Å². The van der Waals surface area contributed by atoms with E-state index < -0.39 is 6.03 Å². The Balaban J connectivity index is 2.24. The van der Waals surface area contributed by atoms with E-state index in [1.165, 1.54) is 0 Å². The summed E-state index contributed by atoms with van der Waals surface area (Å²) in [4.78, 5) is 22.4. The van der Waals surface area contributed by atoms with Crippen LogP contribution in [0.1, 0.15) is 19.8 Å². The van der Waals surface area contributed by atoms with Crippen molar-refractivity contribution in [1.29, 1.82) is 0 Å². The van der Waals surface area contributed by atoms with Crippen LogP contribution in [0.4, 0.5) is 4.79 Å². The number of rotatable bonds is 4. The summed E-state index contributed by atoms with van der Waals surface area (Å²) in [5.41, 5.74) is 0. The molecule has 0 aromatic rings. The van der Waals surface area contributed by atoms with Gasteiger partial charge >= 0.3 is 6.03 Å². The van der Waals surface area contributed by atoms with Crippen LogP contribution in [0.15, 0.2) is 0 Å². The fourth-order valence-electron chi connectivity index (χ4n) is 1.58. The molecule has 1 heterocycles. The molecule has 0 spiro atoms. The molecule has 2 unspecified atom stereocenters. The number of hydrogen-bond donors (Lipinski definition) is 2. The number of nitrogens with one attached hydrogen (secondary N) is 2. The quantitative estimate of drug-likeness (QED) is 0.726. The zero-order chi connectivity index (χ0) is 12.0. The summed E-state index contributed by atoms with van der Waals surface area (Å²) in [6.07, 6.45) is 1.09. The van der Waals surface area contributed by atoms with Crippen molar-refractivity contribution in [3.05, 3.63) is 0 Å². The highest BCUT2D eigenvalue weighted by Crippen LogP contribution is 2.15. The predicted octanol–water partition coefficient (Wildman–Crippen LogP) is 0.866. The van der Waals surface area contributed by atoms with Gasteiger partial charge in [-0.25, -0.2) is 4.79 Å². The lowest BCUT2D eigenvalue weighted by molar-refractivity contribution is -0.119. The second-order valence-corrected chi connectivity index (χ2v) is 4.25. The van der Waals surface area contributed by atoms with Gasteiger partial charge in [-0.05, 0) is 13.3 Å². The molecule has 0 bridgehead atoms. The van der Waals surface area contributed by atoms with Gasteiger partial charge < -0.3 is 10.1 Å². The minimum absolute atomic E-state index is 0.00583. The molecule has 1 saturated heterocycles. The van der Waals surface area contributed by atoms with Gasteiger partial charge in [0.15, 0.2) is 0 Å². The van der Waals surface area contributed by atoms with Crippen molar-refractivity contribution in [2.75, 3.05) is 19.1 Å². The highest BCUT2D eigenvalue weighted by Gasteiger charge is 2.23. The fraction of sp³-hybridized carbons (Fsp3) is 0.800. The van der Waals surface area contributed by atoms with Gasteiger partial charge in [0.2, 0.25) is 5.91 Å². The van der Waals surface area contributed by atoms with Crippen LogP contribution < -0.4 is 10.6 Å². The van der Waals surface area contributed by atoms with Gasteiger partial charge in [-0.2, -0.15) is 0 Å². The van der Waals surface area contributed by atoms with Crippen LogP contribution in [0.3, 0.4) is 0 Å². The fourth-order valence-corrected chi connectivity index (χ4v) is 1.75. The molecule has 2 N–H and O–H groups in total. The molecule has 0 aromatic heterocycles. The average Bonchev–Trinajstić information content (AvgIpc) is 2.69. The summed E-state index contributed by atoms with van der Waals surface area (Å²) in [6.45, 7) is 3.31. The minimum atomic E-state index is -0.463. The summed E-state index contributed by atoms with van der Waals surface area (Å²) < 4.78 is 5.22. The summed E-state index contributed by atoms with van der Waals surface area (Å²) in [7, 11) is 0. The second-order valence-electron chi connectivity index (χ2n) is 3.87. The lowest BCUT2D eigenvalue weighted by Crippen LogP contribution is -2.46. The van der Waals surface area contributed by atoms with Gasteiger partial charge in [-0.1, -0.05) is 0 Å². The third kappa shape index (κ3) is 4.37. The zero-order valence-electron chi connectivity index (χ0n) is 9.29. The first kappa shape index (κ1) is 13.3. The largest absolute Gasteiger partial charge is 0.381 e. The van der Waals surface area contributed by atoms with E-state index in [0.29, 0.717) is 12.5 Å². The first-order valence-corrected chi connectivity index (χ1v) is 5.91. The van der Waals surface area contributed by atoms with E-state index in [1.54, 1.807) is 0 Å². The molecule has 0 aromatic carbocycles. The minimum Gasteiger partial charge on any atom is -0.381 e. The summed E-state index contributed by atoms with van der Waals surface area (Å²) in [6, 6.07) is -0.458. The van der Waals surface area contributed by atoms with Crippen LogP contribution in [0.5, 0.6) is 0 Å². The van der Waals surface area contributed by atoms with E-state index in [-0.39, 0.29) is 24.2 Å². The van der Waals surface area contributed by atoms with Crippen molar-refractivity contribution < 1.29 is 14.3 Å². The van der Waals surface area contributed by atoms with E-state index in [2.05, 4.69) is 10.6 Å². The molecule has 1 rings (SSSR count). The van der Waals surface area contributed by atoms with Crippen LogP contribution in [-0.4, -0.2) is 37.1 Å². The molecule has 92 valence electrons. The molecule has 3 amide bonds. The molecule has 1 aliphatic rings. The third-order valence-electron chi connectivity index (χ3n) is 2.61. The number of halogens is 1. The topological polar surface area (TPSA) is 67.4 Å². The molecule has 16 heavy (non-hydrogen) atoms. The Bertz CT molecular complexity index is 254. The van der Waals surface area contributed by atoms with E-state index in [9.17, 15) is 9.59 Å². The number of urea groups is 1. The van der Waals surface area contributed by atoms with Crippen molar-refractivity contribution >= 4 is 23.5 Å². The number of amides is 3. The molecular formula is C10H17ClN2O3. The van der Waals surface area contributed by atoms with Gasteiger partial charge in [-0.15, -0.1) is 11.6 Å². The number of carbonyl (C=O) groups excluding carboxylic acids is 2. The van der Waals surface area contributed by atoms with E-state index in [4.69, 9.17) is 16.3 Å². The van der Waals surface area contributed by atoms with Gasteiger partial charge in [0.05, 0.1) is 6.61 Å². The predicted molar refractivity (Wildman–Crippen MR) is 60.4 cm³/mol. The monoisotopic (exact) mass is 248 g/mol. The Morgan fingerprint density at radius 3 is 2.88 bits per heavy atom. The molecule has 5 nitrogen and oxygen atoms in total. The number of alkyl halides is 1. The highest BCUT2D eigenvalue weighted by molar-refractivity contribution is 6.19. The first-order valence-electron chi connectivity index (χ1n) is 5.37. The van der Waals surface area contributed by atoms with E-state index in [0.717, 1.165) is 13.0 Å². The number of hydrogen-bond acceptors (Lipinski definition) is 3. The van der Waals surface area contributed by atoms with Crippen LogP contribution in [-0.2, 0) is 9.53 Å². The maximum Gasteiger partial charge on any atom is 0.321 e. The summed E-state index contributed by atoms with van der Waals surface area (Å²) in [5, 5.41) is 4.94. The lowest BCUT2D eigenvalue weighted by Gasteiger charge is -2.19. The van der Waals surface area contributed by atoms with Crippen molar-refractivity contribution in [1.82, 2.24) is 10.6 Å². The normalized spacial score (nSPS) is 21.5. The third-order valence-corrected chi connectivity index (χ3v) is 2.79. The average molecular weight is 249 g/mol. The van der Waals surface area contributed by atoms with Gasteiger partial charge in [0.1, 0.15) is 0 Å². The summed E-state index contributed by atoms with van der Waals surface area (Å²) >= 11 is 5.38. The van der Waals surface area contributed by atoms with Crippen LogP contribution >= 0.6 is 11.6 Å². The Morgan fingerprint density at radius 1 is 1.56 bits per heavy atom.